The van der Waals surface area contributed by atoms with Crippen molar-refractivity contribution >= 4 is 121 Å². The molecule has 0 saturated heterocycles. The summed E-state index contributed by atoms with van der Waals surface area (Å²) in [6, 6.07) is 77.8. The van der Waals surface area contributed by atoms with Gasteiger partial charge in [0.25, 0.3) is 0 Å². The summed E-state index contributed by atoms with van der Waals surface area (Å²) in [5.41, 5.74) is 15.8. The van der Waals surface area contributed by atoms with E-state index in [-0.39, 0.29) is 0 Å². The van der Waals surface area contributed by atoms with E-state index in [1.165, 1.54) is 0 Å². The van der Waals surface area contributed by atoms with Crippen LogP contribution in [0.15, 0.2) is 233 Å². The number of nitrogens with zero attached hydrogens (tertiary/aromatic N) is 5. The molecule has 0 unspecified atom stereocenters. The van der Waals surface area contributed by atoms with Gasteiger partial charge in [0.15, 0.2) is 0 Å². The number of benzene rings is 11. The molecule has 5 aromatic heterocycles. The van der Waals surface area contributed by atoms with Gasteiger partial charge < -0.3 is 22.5 Å². The molecule has 11 aromatic carbocycles. The lowest BCUT2D eigenvalue weighted by Crippen LogP contribution is -2.09. The Morgan fingerprint density at radius 1 is 0.280 bits per heavy atom. The van der Waals surface area contributed by atoms with Gasteiger partial charge in [-0.05, 0) is 101 Å². The van der Waals surface area contributed by atoms with Crippen molar-refractivity contribution in [2.75, 3.05) is 0 Å². The van der Waals surface area contributed by atoms with E-state index in [1.807, 2.05) is 12.1 Å². The summed E-state index contributed by atoms with van der Waals surface area (Å²) in [7, 11) is 0. The molecule has 7 heteroatoms. The lowest BCUT2D eigenvalue weighted by atomic mass is 10.0. The minimum atomic E-state index is 0.344. The van der Waals surface area contributed by atoms with Crippen LogP contribution < -0.4 is 0 Å². The number of furan rings is 2. The predicted octanol–water partition coefficient (Wildman–Crippen LogP) is 19.2. The number of rotatable bonds is 5. The Balaban J connectivity index is 1.07. The average Bonchev–Trinajstić information content (AvgIpc) is 4.31. The first kappa shape index (κ1) is 41.1. The highest BCUT2D eigenvalue weighted by Crippen LogP contribution is 2.52. The molecule has 0 amide bonds. The Labute approximate surface area is 427 Å². The second-order valence-corrected chi connectivity index (χ2v) is 19.3. The van der Waals surface area contributed by atoms with Crippen molar-refractivity contribution < 1.29 is 8.83 Å². The average molecular weight is 956 g/mol. The molecule has 0 fully saturated rings. The molecule has 0 spiro atoms. The van der Waals surface area contributed by atoms with Gasteiger partial charge >= 0.3 is 0 Å². The minimum Gasteiger partial charge on any atom is -0.455 e. The van der Waals surface area contributed by atoms with Crippen LogP contribution in [0.4, 0.5) is 11.4 Å². The maximum Gasteiger partial charge on any atom is 0.202 e. The maximum absolute atomic E-state index is 9.10. The predicted molar refractivity (Wildman–Crippen MR) is 307 cm³/mol. The van der Waals surface area contributed by atoms with Gasteiger partial charge in [0.2, 0.25) is 11.4 Å². The normalized spacial score (nSPS) is 12.0. The van der Waals surface area contributed by atoms with E-state index in [2.05, 4.69) is 230 Å². The van der Waals surface area contributed by atoms with Crippen molar-refractivity contribution in [1.29, 1.82) is 0 Å². The third kappa shape index (κ3) is 5.67. The summed E-state index contributed by atoms with van der Waals surface area (Å²) < 4.78 is 20.7. The van der Waals surface area contributed by atoms with E-state index < -0.39 is 0 Å². The standard InChI is InChI=1S/C68H37N5O2/c1-69-52-39-53(70-2)65(73-57-28-16-12-24-49(57)63-59(73)34-32-47-51-38-43(41-19-7-4-8-20-41)30-36-61(51)75-68(47)63)66(71-54-25-13-9-21-44(54)45-22-10-14-26-55(45)71)64(52)72-56-27-15-11-23-48(56)62-58(72)33-31-46-50-37-42(40-17-5-3-6-18-40)29-35-60(50)74-67(46)62/h3-39H. The molecule has 346 valence electrons. The second kappa shape index (κ2) is 15.5. The monoisotopic (exact) mass is 955 g/mol. The van der Waals surface area contributed by atoms with Crippen LogP contribution in [0.3, 0.4) is 0 Å². The van der Waals surface area contributed by atoms with Gasteiger partial charge in [-0.1, -0.05) is 146 Å². The van der Waals surface area contributed by atoms with E-state index in [0.29, 0.717) is 28.4 Å². The first-order valence-electron chi connectivity index (χ1n) is 25.0. The van der Waals surface area contributed by atoms with Crippen LogP contribution in [0, 0.1) is 13.1 Å². The number of hydrogen-bond donors (Lipinski definition) is 0. The molecule has 0 aliphatic heterocycles. The lowest BCUT2D eigenvalue weighted by Gasteiger charge is -2.24. The number of aromatic nitrogens is 3. The summed E-state index contributed by atoms with van der Waals surface area (Å²) in [6.07, 6.45) is 0. The summed E-state index contributed by atoms with van der Waals surface area (Å²) in [6.45, 7) is 18.2. The Bertz CT molecular complexity index is 4890. The second-order valence-electron chi connectivity index (χ2n) is 19.3. The van der Waals surface area contributed by atoms with E-state index in [0.717, 1.165) is 132 Å². The first-order chi connectivity index (χ1) is 37.1. The van der Waals surface area contributed by atoms with E-state index in [1.54, 1.807) is 6.07 Å². The molecule has 7 nitrogen and oxygen atoms in total. The fraction of sp³-hybridized carbons (Fsp3) is 0. The molecule has 0 atom stereocenters. The molecule has 16 rings (SSSR count). The van der Waals surface area contributed by atoms with Gasteiger partial charge in [0.05, 0.1) is 74.1 Å². The molecule has 16 aromatic rings. The summed E-state index contributed by atoms with van der Waals surface area (Å²) in [4.78, 5) is 8.76. The van der Waals surface area contributed by atoms with Crippen molar-refractivity contribution in [3.05, 3.63) is 247 Å². The Morgan fingerprint density at radius 3 is 1.08 bits per heavy atom. The number of fused-ring (bicyclic) bond motifs is 17. The van der Waals surface area contributed by atoms with Crippen LogP contribution in [0.2, 0.25) is 0 Å². The Hall–Kier alpha value is -10.6. The van der Waals surface area contributed by atoms with E-state index in [9.17, 15) is 0 Å². The zero-order valence-electron chi connectivity index (χ0n) is 39.9. The highest BCUT2D eigenvalue weighted by Gasteiger charge is 2.31. The molecule has 5 heterocycles. The third-order valence-corrected chi connectivity index (χ3v) is 15.5. The molecule has 75 heavy (non-hydrogen) atoms. The van der Waals surface area contributed by atoms with Gasteiger partial charge in [0, 0.05) is 43.1 Å². The van der Waals surface area contributed by atoms with Gasteiger partial charge in [-0.2, -0.15) is 0 Å². The quantitative estimate of drug-likeness (QED) is 0.161. The van der Waals surface area contributed by atoms with Crippen LogP contribution in [0.5, 0.6) is 0 Å². The molecule has 0 aliphatic carbocycles. The van der Waals surface area contributed by atoms with E-state index >= 15 is 0 Å². The van der Waals surface area contributed by atoms with E-state index in [4.69, 9.17) is 22.0 Å². The van der Waals surface area contributed by atoms with Gasteiger partial charge in [-0.25, -0.2) is 9.69 Å². The number of hydrogen-bond acceptors (Lipinski definition) is 2. The smallest absolute Gasteiger partial charge is 0.202 e. The molecular weight excluding hydrogens is 919 g/mol. The fourth-order valence-electron chi connectivity index (χ4n) is 12.3. The molecule has 0 saturated carbocycles. The summed E-state index contributed by atoms with van der Waals surface area (Å²) >= 11 is 0. The van der Waals surface area contributed by atoms with Crippen molar-refractivity contribution in [3.8, 4) is 39.3 Å². The van der Waals surface area contributed by atoms with Crippen molar-refractivity contribution in [2.24, 2.45) is 0 Å². The molecule has 0 radical (unpaired) electrons. The highest BCUT2D eigenvalue weighted by atomic mass is 16.3. The third-order valence-electron chi connectivity index (χ3n) is 15.5. The molecule has 0 aliphatic rings. The number of para-hydroxylation sites is 4. The molecule has 0 bridgehead atoms. The molecule has 0 N–H and O–H groups in total. The SMILES string of the molecule is [C-]#[N+]c1cc([N+]#[C-])c(-n2c3ccccc3c3c4oc5ccc(-c6ccccc6)cc5c4ccc32)c(-n2c3ccccc3c3ccccc32)c1-n1c2ccccc2c2c3oc4ccc(-c5ccccc5)cc4c3ccc21. The summed E-state index contributed by atoms with van der Waals surface area (Å²) in [5, 5.41) is 10.1. The minimum absolute atomic E-state index is 0.344. The zero-order chi connectivity index (χ0) is 49.5. The van der Waals surface area contributed by atoms with Crippen molar-refractivity contribution in [2.45, 2.75) is 0 Å². The lowest BCUT2D eigenvalue weighted by molar-refractivity contribution is 0.672. The summed E-state index contributed by atoms with van der Waals surface area (Å²) in [5.74, 6) is 0. The topological polar surface area (TPSA) is 49.8 Å². The fourth-order valence-corrected chi connectivity index (χ4v) is 12.3. The first-order valence-corrected chi connectivity index (χ1v) is 25.0. The Kier molecular flexibility index (Phi) is 8.46. The van der Waals surface area contributed by atoms with Gasteiger partial charge in [-0.3, -0.25) is 0 Å². The maximum atomic E-state index is 9.10. The van der Waals surface area contributed by atoms with Crippen LogP contribution in [0.25, 0.3) is 158 Å². The molecular formula is C68H37N5O2. The zero-order valence-corrected chi connectivity index (χ0v) is 39.9. The van der Waals surface area contributed by atoms with Crippen LogP contribution in [0.1, 0.15) is 0 Å². The van der Waals surface area contributed by atoms with Crippen molar-refractivity contribution in [1.82, 2.24) is 13.7 Å². The van der Waals surface area contributed by atoms with Crippen LogP contribution in [-0.4, -0.2) is 13.7 Å². The van der Waals surface area contributed by atoms with Crippen molar-refractivity contribution in [3.63, 3.8) is 0 Å². The largest absolute Gasteiger partial charge is 0.455 e. The van der Waals surface area contributed by atoms with Crippen LogP contribution >= 0.6 is 0 Å². The highest BCUT2D eigenvalue weighted by molar-refractivity contribution is 6.26. The van der Waals surface area contributed by atoms with Gasteiger partial charge in [-0.15, -0.1) is 0 Å². The van der Waals surface area contributed by atoms with Crippen LogP contribution in [-0.2, 0) is 0 Å². The Morgan fingerprint density at radius 2 is 0.653 bits per heavy atom. The van der Waals surface area contributed by atoms with Gasteiger partial charge in [0.1, 0.15) is 22.3 Å².